The minimum atomic E-state index is -0.920. The van der Waals surface area contributed by atoms with Crippen LogP contribution in [0, 0.1) is 19.7 Å². The quantitative estimate of drug-likeness (QED) is 0.834. The Morgan fingerprint density at radius 3 is 2.68 bits per heavy atom. The maximum atomic E-state index is 13.1. The lowest BCUT2D eigenvalue weighted by Crippen LogP contribution is -2.31. The number of nitrogens with zero attached hydrogens (tertiary/aromatic N) is 2. The number of hydrogen-bond donors (Lipinski definition) is 1. The number of carbonyl (C=O) groups is 2. The molecule has 25 heavy (non-hydrogen) atoms. The summed E-state index contributed by atoms with van der Waals surface area (Å²) < 4.78 is 19.0. The highest BCUT2D eigenvalue weighted by atomic mass is 35.5. The van der Waals surface area contributed by atoms with E-state index in [-0.39, 0.29) is 16.3 Å². The van der Waals surface area contributed by atoms with Crippen LogP contribution in [0.3, 0.4) is 0 Å². The second kappa shape index (κ2) is 7.43. The van der Waals surface area contributed by atoms with Crippen molar-refractivity contribution in [1.29, 1.82) is 0 Å². The number of benzene rings is 1. The molecule has 0 aliphatic rings. The maximum Gasteiger partial charge on any atom is 0.344 e. The van der Waals surface area contributed by atoms with E-state index in [1.54, 1.807) is 13.8 Å². The van der Waals surface area contributed by atoms with Gasteiger partial charge in [0.15, 0.2) is 6.61 Å². The van der Waals surface area contributed by atoms with E-state index in [1.165, 1.54) is 19.2 Å². The first kappa shape index (κ1) is 18.6. The van der Waals surface area contributed by atoms with Gasteiger partial charge < -0.3 is 10.1 Å². The van der Waals surface area contributed by atoms with E-state index in [9.17, 15) is 18.8 Å². The summed E-state index contributed by atoms with van der Waals surface area (Å²) >= 11 is 5.61. The Bertz CT molecular complexity index is 911. The minimum Gasteiger partial charge on any atom is -0.452 e. The molecule has 0 aliphatic carbocycles. The fraction of sp³-hybridized carbons (Fsp3) is 0.250. The highest BCUT2D eigenvalue weighted by Gasteiger charge is 2.20. The van der Waals surface area contributed by atoms with E-state index in [2.05, 4.69) is 10.4 Å². The first-order valence-corrected chi connectivity index (χ1v) is 7.55. The number of carbonyl (C=O) groups excluding carboxylic acids is 2. The van der Waals surface area contributed by atoms with Crippen LogP contribution in [-0.2, 0) is 16.6 Å². The Morgan fingerprint density at radius 2 is 2.04 bits per heavy atom. The van der Waals surface area contributed by atoms with Crippen molar-refractivity contribution in [3.63, 3.8) is 0 Å². The maximum absolute atomic E-state index is 13.1. The third kappa shape index (κ3) is 4.21. The second-order valence-corrected chi connectivity index (χ2v) is 5.67. The third-order valence-corrected chi connectivity index (χ3v) is 3.76. The van der Waals surface area contributed by atoms with Crippen LogP contribution in [0.25, 0.3) is 0 Å². The molecule has 0 radical (unpaired) electrons. The van der Waals surface area contributed by atoms with Gasteiger partial charge in [-0.05, 0) is 37.6 Å². The van der Waals surface area contributed by atoms with Gasteiger partial charge in [-0.1, -0.05) is 11.6 Å². The van der Waals surface area contributed by atoms with Gasteiger partial charge in [0.25, 0.3) is 11.5 Å². The lowest BCUT2D eigenvalue weighted by atomic mass is 10.1. The van der Waals surface area contributed by atoms with Crippen molar-refractivity contribution in [2.24, 2.45) is 7.05 Å². The van der Waals surface area contributed by atoms with Gasteiger partial charge in [0.2, 0.25) is 0 Å². The van der Waals surface area contributed by atoms with Crippen LogP contribution in [0.5, 0.6) is 0 Å². The van der Waals surface area contributed by atoms with Gasteiger partial charge in [0.05, 0.1) is 10.7 Å². The molecule has 0 aliphatic heterocycles. The SMILES string of the molecule is Cc1nn(C)c(=O)c(C(=O)OCC(=O)Nc2ccc(F)c(Cl)c2)c1C. The molecular formula is C16H15ClFN3O4. The summed E-state index contributed by atoms with van der Waals surface area (Å²) in [6.45, 7) is 2.61. The molecule has 2 rings (SSSR count). The average molecular weight is 368 g/mol. The number of aromatic nitrogens is 2. The van der Waals surface area contributed by atoms with Crippen LogP contribution in [0.15, 0.2) is 23.0 Å². The molecule has 0 fully saturated rings. The van der Waals surface area contributed by atoms with E-state index < -0.39 is 29.9 Å². The van der Waals surface area contributed by atoms with Crippen molar-refractivity contribution in [3.05, 3.63) is 56.2 Å². The molecule has 0 spiro atoms. The number of ether oxygens (including phenoxy) is 1. The molecule has 1 aromatic carbocycles. The van der Waals surface area contributed by atoms with Crippen molar-refractivity contribution in [1.82, 2.24) is 9.78 Å². The van der Waals surface area contributed by atoms with Crippen molar-refractivity contribution in [2.45, 2.75) is 13.8 Å². The summed E-state index contributed by atoms with van der Waals surface area (Å²) in [5.41, 5.74) is 0.351. The third-order valence-electron chi connectivity index (χ3n) is 3.47. The molecule has 0 atom stereocenters. The van der Waals surface area contributed by atoms with Crippen LogP contribution >= 0.6 is 11.6 Å². The molecule has 1 N–H and O–H groups in total. The Hall–Kier alpha value is -2.74. The number of rotatable bonds is 4. The zero-order valence-corrected chi connectivity index (χ0v) is 14.5. The van der Waals surface area contributed by atoms with Gasteiger partial charge in [-0.25, -0.2) is 13.9 Å². The number of amides is 1. The number of esters is 1. The molecular weight excluding hydrogens is 353 g/mol. The summed E-state index contributed by atoms with van der Waals surface area (Å²) in [6, 6.07) is 3.63. The summed E-state index contributed by atoms with van der Waals surface area (Å²) in [5.74, 6) is -2.20. The van der Waals surface area contributed by atoms with Crippen molar-refractivity contribution in [2.75, 3.05) is 11.9 Å². The zero-order chi connectivity index (χ0) is 18.7. The average Bonchev–Trinajstić information content (AvgIpc) is 2.55. The standard InChI is InChI=1S/C16H15ClFN3O4/c1-8-9(2)20-21(3)15(23)14(8)16(24)25-7-13(22)19-10-4-5-12(18)11(17)6-10/h4-6H,7H2,1-3H3,(H,19,22). The molecule has 1 amide bonds. The topological polar surface area (TPSA) is 90.3 Å². The lowest BCUT2D eigenvalue weighted by Gasteiger charge is -2.10. The Balaban J connectivity index is 2.06. The lowest BCUT2D eigenvalue weighted by molar-refractivity contribution is -0.119. The predicted molar refractivity (Wildman–Crippen MR) is 89.3 cm³/mol. The molecule has 1 aromatic heterocycles. The fourth-order valence-corrected chi connectivity index (χ4v) is 2.24. The van der Waals surface area contributed by atoms with Crippen molar-refractivity contribution in [3.8, 4) is 0 Å². The van der Waals surface area contributed by atoms with Crippen LogP contribution in [0.2, 0.25) is 5.02 Å². The second-order valence-electron chi connectivity index (χ2n) is 5.27. The zero-order valence-electron chi connectivity index (χ0n) is 13.7. The smallest absolute Gasteiger partial charge is 0.344 e. The molecule has 1 heterocycles. The predicted octanol–water partition coefficient (Wildman–Crippen LogP) is 1.99. The highest BCUT2D eigenvalue weighted by Crippen LogP contribution is 2.19. The van der Waals surface area contributed by atoms with Crippen LogP contribution in [0.1, 0.15) is 21.6 Å². The van der Waals surface area contributed by atoms with Gasteiger partial charge in [0.1, 0.15) is 11.4 Å². The first-order chi connectivity index (χ1) is 11.7. The Labute approximate surface area is 147 Å². The van der Waals surface area contributed by atoms with Crippen molar-refractivity contribution < 1.29 is 18.7 Å². The molecule has 132 valence electrons. The highest BCUT2D eigenvalue weighted by molar-refractivity contribution is 6.31. The van der Waals surface area contributed by atoms with E-state index in [1.807, 2.05) is 0 Å². The van der Waals surface area contributed by atoms with Gasteiger partial charge in [-0.2, -0.15) is 5.10 Å². The molecule has 0 unspecified atom stereocenters. The normalized spacial score (nSPS) is 10.4. The number of anilines is 1. The van der Waals surface area contributed by atoms with E-state index in [4.69, 9.17) is 16.3 Å². The Kier molecular flexibility index (Phi) is 5.53. The van der Waals surface area contributed by atoms with Crippen LogP contribution in [-0.4, -0.2) is 28.3 Å². The molecule has 7 nitrogen and oxygen atoms in total. The fourth-order valence-electron chi connectivity index (χ4n) is 2.06. The van der Waals surface area contributed by atoms with Crippen LogP contribution < -0.4 is 10.9 Å². The molecule has 9 heteroatoms. The largest absolute Gasteiger partial charge is 0.452 e. The van der Waals surface area contributed by atoms with Crippen molar-refractivity contribution >= 4 is 29.2 Å². The monoisotopic (exact) mass is 367 g/mol. The molecule has 0 saturated carbocycles. The molecule has 0 saturated heterocycles. The van der Waals surface area contributed by atoms with Gasteiger partial charge in [0, 0.05) is 12.7 Å². The van der Waals surface area contributed by atoms with Gasteiger partial charge in [-0.3, -0.25) is 9.59 Å². The molecule has 2 aromatic rings. The number of nitrogens with one attached hydrogen (secondary N) is 1. The summed E-state index contributed by atoms with van der Waals surface area (Å²) in [5, 5.41) is 6.21. The summed E-state index contributed by atoms with van der Waals surface area (Å²) in [7, 11) is 1.41. The van der Waals surface area contributed by atoms with E-state index in [0.717, 1.165) is 10.7 Å². The van der Waals surface area contributed by atoms with E-state index in [0.29, 0.717) is 11.3 Å². The Morgan fingerprint density at radius 1 is 1.36 bits per heavy atom. The van der Waals surface area contributed by atoms with Crippen LogP contribution in [0.4, 0.5) is 10.1 Å². The number of aryl methyl sites for hydroxylation is 2. The molecule has 0 bridgehead atoms. The summed E-state index contributed by atoms with van der Waals surface area (Å²) in [4.78, 5) is 36.0. The van der Waals surface area contributed by atoms with E-state index >= 15 is 0 Å². The number of hydrogen-bond acceptors (Lipinski definition) is 5. The van der Waals surface area contributed by atoms with Gasteiger partial charge in [-0.15, -0.1) is 0 Å². The van der Waals surface area contributed by atoms with Gasteiger partial charge >= 0.3 is 5.97 Å². The first-order valence-electron chi connectivity index (χ1n) is 7.17. The minimum absolute atomic E-state index is 0.152. The summed E-state index contributed by atoms with van der Waals surface area (Å²) in [6.07, 6.45) is 0. The number of halogens is 2.